The van der Waals surface area contributed by atoms with Crippen LogP contribution in [0.5, 0.6) is 0 Å². The molecule has 1 unspecified atom stereocenters. The zero-order valence-corrected chi connectivity index (χ0v) is 7.46. The van der Waals surface area contributed by atoms with E-state index in [2.05, 4.69) is 32.9 Å². The second kappa shape index (κ2) is 2.49. The lowest BCUT2D eigenvalue weighted by molar-refractivity contribution is 0.0955. The van der Waals surface area contributed by atoms with Crippen LogP contribution >= 0.6 is 0 Å². The van der Waals surface area contributed by atoms with Crippen LogP contribution in [0.15, 0.2) is 24.3 Å². The highest BCUT2D eigenvalue weighted by atomic mass is 16.3. The second-order valence-corrected chi connectivity index (χ2v) is 4.02. The number of hydrogen-bond acceptors (Lipinski definition) is 1. The molecule has 0 aliphatic heterocycles. The highest BCUT2D eigenvalue weighted by Gasteiger charge is 2.37. The molecule has 0 aromatic rings. The van der Waals surface area contributed by atoms with Crippen molar-refractivity contribution < 1.29 is 5.11 Å². The second-order valence-electron chi connectivity index (χ2n) is 4.02. The Morgan fingerprint density at radius 2 is 1.64 bits per heavy atom. The zero-order valence-electron chi connectivity index (χ0n) is 7.46. The van der Waals surface area contributed by atoms with E-state index in [0.29, 0.717) is 0 Å². The van der Waals surface area contributed by atoms with Crippen molar-refractivity contribution in [1.29, 1.82) is 0 Å². The average molecular weight is 152 g/mol. The molecule has 0 spiro atoms. The normalized spacial score (nSPS) is 34.2. The predicted molar refractivity (Wildman–Crippen MR) is 47.3 cm³/mol. The molecule has 0 aromatic heterocycles. The Hall–Kier alpha value is -0.560. The monoisotopic (exact) mass is 152 g/mol. The van der Waals surface area contributed by atoms with E-state index in [9.17, 15) is 5.11 Å². The molecule has 1 atom stereocenters. The predicted octanol–water partition coefficient (Wildman–Crippen LogP) is 2.14. The SMILES string of the molecule is CC1(C)C=CC=CC1(C)CO. The summed E-state index contributed by atoms with van der Waals surface area (Å²) in [6.07, 6.45) is 8.26. The number of allylic oxidation sites excluding steroid dienone is 3. The summed E-state index contributed by atoms with van der Waals surface area (Å²) in [6.45, 7) is 6.57. The first-order chi connectivity index (χ1) is 5.02. The van der Waals surface area contributed by atoms with Crippen LogP contribution in [0.2, 0.25) is 0 Å². The molecule has 1 heteroatoms. The van der Waals surface area contributed by atoms with Gasteiger partial charge in [0, 0.05) is 5.41 Å². The molecule has 1 N–H and O–H groups in total. The van der Waals surface area contributed by atoms with Crippen LogP contribution in [-0.2, 0) is 0 Å². The molecule has 0 heterocycles. The first kappa shape index (κ1) is 8.54. The van der Waals surface area contributed by atoms with Gasteiger partial charge in [-0.15, -0.1) is 0 Å². The van der Waals surface area contributed by atoms with Crippen LogP contribution in [0.1, 0.15) is 20.8 Å². The Balaban J connectivity index is 2.97. The lowest BCUT2D eigenvalue weighted by Crippen LogP contribution is -2.36. The van der Waals surface area contributed by atoms with Gasteiger partial charge in [-0.25, -0.2) is 0 Å². The largest absolute Gasteiger partial charge is 0.395 e. The van der Waals surface area contributed by atoms with Gasteiger partial charge in [-0.05, 0) is 5.41 Å². The zero-order chi connectivity index (χ0) is 8.54. The summed E-state index contributed by atoms with van der Waals surface area (Å²) in [5, 5.41) is 9.20. The van der Waals surface area contributed by atoms with Crippen LogP contribution in [0.3, 0.4) is 0 Å². The van der Waals surface area contributed by atoms with Crippen molar-refractivity contribution in [2.24, 2.45) is 10.8 Å². The minimum absolute atomic E-state index is 0.0660. The average Bonchev–Trinajstić information content (AvgIpc) is 1.95. The van der Waals surface area contributed by atoms with Gasteiger partial charge in [-0.3, -0.25) is 0 Å². The fourth-order valence-corrected chi connectivity index (χ4v) is 1.23. The molecule has 0 aromatic carbocycles. The Bertz CT molecular complexity index is 201. The van der Waals surface area contributed by atoms with Gasteiger partial charge in [0.2, 0.25) is 0 Å². The smallest absolute Gasteiger partial charge is 0.0527 e. The fraction of sp³-hybridized carbons (Fsp3) is 0.600. The van der Waals surface area contributed by atoms with Gasteiger partial charge in [0.1, 0.15) is 0 Å². The lowest BCUT2D eigenvalue weighted by Gasteiger charge is -2.40. The maximum absolute atomic E-state index is 9.20. The van der Waals surface area contributed by atoms with E-state index < -0.39 is 0 Å². The Labute approximate surface area is 68.4 Å². The number of rotatable bonds is 1. The highest BCUT2D eigenvalue weighted by molar-refractivity contribution is 5.22. The summed E-state index contributed by atoms with van der Waals surface area (Å²) in [6, 6.07) is 0. The van der Waals surface area contributed by atoms with E-state index in [1.807, 2.05) is 12.2 Å². The van der Waals surface area contributed by atoms with E-state index >= 15 is 0 Å². The lowest BCUT2D eigenvalue weighted by atomic mass is 9.65. The number of hydrogen-bond donors (Lipinski definition) is 1. The van der Waals surface area contributed by atoms with E-state index in [0.717, 1.165) is 0 Å². The standard InChI is InChI=1S/C10H16O/c1-9(2)6-4-5-7-10(9,3)8-11/h4-7,11H,8H2,1-3H3. The molecule has 0 fully saturated rings. The summed E-state index contributed by atoms with van der Waals surface area (Å²) in [4.78, 5) is 0. The Kier molecular flexibility index (Phi) is 1.93. The van der Waals surface area contributed by atoms with Gasteiger partial charge in [0.05, 0.1) is 6.61 Å². The molecule has 0 radical (unpaired) electrons. The van der Waals surface area contributed by atoms with Crippen molar-refractivity contribution in [3.05, 3.63) is 24.3 Å². The van der Waals surface area contributed by atoms with Crippen LogP contribution in [0.25, 0.3) is 0 Å². The third kappa shape index (κ3) is 1.25. The summed E-state index contributed by atoms with van der Waals surface area (Å²) in [7, 11) is 0. The van der Waals surface area contributed by atoms with Gasteiger partial charge in [-0.1, -0.05) is 45.1 Å². The first-order valence-electron chi connectivity index (χ1n) is 4.00. The van der Waals surface area contributed by atoms with Gasteiger partial charge in [0.15, 0.2) is 0 Å². The van der Waals surface area contributed by atoms with Gasteiger partial charge in [0.25, 0.3) is 0 Å². The van der Waals surface area contributed by atoms with Crippen LogP contribution in [0.4, 0.5) is 0 Å². The molecular formula is C10H16O. The molecule has 1 aliphatic rings. The molecule has 0 bridgehead atoms. The van der Waals surface area contributed by atoms with E-state index in [-0.39, 0.29) is 17.4 Å². The maximum atomic E-state index is 9.20. The summed E-state index contributed by atoms with van der Waals surface area (Å²) >= 11 is 0. The van der Waals surface area contributed by atoms with Gasteiger partial charge >= 0.3 is 0 Å². The molecule has 62 valence electrons. The van der Waals surface area contributed by atoms with Crippen molar-refractivity contribution in [2.75, 3.05) is 6.61 Å². The maximum Gasteiger partial charge on any atom is 0.0527 e. The molecule has 1 nitrogen and oxygen atoms in total. The molecule has 0 amide bonds. The summed E-state index contributed by atoms with van der Waals surface area (Å²) in [5.74, 6) is 0. The van der Waals surface area contributed by atoms with Crippen LogP contribution in [0, 0.1) is 10.8 Å². The van der Waals surface area contributed by atoms with Crippen LogP contribution < -0.4 is 0 Å². The van der Waals surface area contributed by atoms with Gasteiger partial charge in [-0.2, -0.15) is 0 Å². The van der Waals surface area contributed by atoms with Crippen molar-refractivity contribution in [2.45, 2.75) is 20.8 Å². The van der Waals surface area contributed by atoms with E-state index in [1.165, 1.54) is 0 Å². The molecule has 0 saturated heterocycles. The van der Waals surface area contributed by atoms with E-state index in [4.69, 9.17) is 0 Å². The molecule has 0 saturated carbocycles. The van der Waals surface area contributed by atoms with Crippen molar-refractivity contribution in [3.8, 4) is 0 Å². The van der Waals surface area contributed by atoms with Crippen LogP contribution in [-0.4, -0.2) is 11.7 Å². The topological polar surface area (TPSA) is 20.2 Å². The van der Waals surface area contributed by atoms with Crippen molar-refractivity contribution >= 4 is 0 Å². The third-order valence-electron chi connectivity index (χ3n) is 2.89. The quantitative estimate of drug-likeness (QED) is 0.610. The molecular weight excluding hydrogens is 136 g/mol. The number of aliphatic hydroxyl groups is 1. The highest BCUT2D eigenvalue weighted by Crippen LogP contribution is 2.42. The molecule has 11 heavy (non-hydrogen) atoms. The Morgan fingerprint density at radius 3 is 2.00 bits per heavy atom. The minimum atomic E-state index is -0.0955. The summed E-state index contributed by atoms with van der Waals surface area (Å²) < 4.78 is 0. The molecule has 1 aliphatic carbocycles. The third-order valence-corrected chi connectivity index (χ3v) is 2.89. The Morgan fingerprint density at radius 1 is 1.09 bits per heavy atom. The van der Waals surface area contributed by atoms with Gasteiger partial charge < -0.3 is 5.11 Å². The summed E-state index contributed by atoms with van der Waals surface area (Å²) in [5.41, 5.74) is -0.0295. The number of aliphatic hydroxyl groups excluding tert-OH is 1. The van der Waals surface area contributed by atoms with Crippen molar-refractivity contribution in [3.63, 3.8) is 0 Å². The first-order valence-corrected chi connectivity index (χ1v) is 4.00. The minimum Gasteiger partial charge on any atom is -0.395 e. The molecule has 1 rings (SSSR count). The van der Waals surface area contributed by atoms with E-state index in [1.54, 1.807) is 0 Å². The van der Waals surface area contributed by atoms with Crippen molar-refractivity contribution in [1.82, 2.24) is 0 Å². The fourth-order valence-electron chi connectivity index (χ4n) is 1.23.